The Bertz CT molecular complexity index is 1780. The predicted octanol–water partition coefficient (Wildman–Crippen LogP) is 3.83. The number of rotatable bonds is 7. The minimum Gasteiger partial charge on any atom is -0.464 e. The van der Waals surface area contributed by atoms with Crippen molar-refractivity contribution in [1.82, 2.24) is 24.8 Å². The molecule has 1 amide bonds. The first-order valence-corrected chi connectivity index (χ1v) is 11.8. The topological polar surface area (TPSA) is 119 Å². The lowest BCUT2D eigenvalue weighted by atomic mass is 10.0. The van der Waals surface area contributed by atoms with Gasteiger partial charge in [-0.2, -0.15) is 0 Å². The summed E-state index contributed by atoms with van der Waals surface area (Å²) in [7, 11) is 1.24. The molecule has 9 nitrogen and oxygen atoms in total. The first kappa shape index (κ1) is 25.5. The van der Waals surface area contributed by atoms with Crippen molar-refractivity contribution in [2.75, 3.05) is 7.11 Å². The van der Waals surface area contributed by atoms with Gasteiger partial charge in [0.1, 0.15) is 16.9 Å². The number of fused-ring (bicyclic) bond motifs is 1. The molecule has 0 aliphatic rings. The van der Waals surface area contributed by atoms with Crippen molar-refractivity contribution in [2.24, 2.45) is 0 Å². The molecule has 0 saturated heterocycles. The molecule has 196 valence electrons. The highest BCUT2D eigenvalue weighted by Crippen LogP contribution is 2.28. The van der Waals surface area contributed by atoms with Gasteiger partial charge in [0, 0.05) is 29.5 Å². The van der Waals surface area contributed by atoms with Crippen LogP contribution in [0.4, 0.5) is 8.78 Å². The number of hydrogen-bond acceptors (Lipinski definition) is 6. The Morgan fingerprint density at radius 1 is 1.08 bits per heavy atom. The maximum atomic E-state index is 13.6. The summed E-state index contributed by atoms with van der Waals surface area (Å²) in [5, 5.41) is 3.49. The molecule has 0 bridgehead atoms. The van der Waals surface area contributed by atoms with Crippen molar-refractivity contribution >= 4 is 22.9 Å². The van der Waals surface area contributed by atoms with Gasteiger partial charge in [-0.15, -0.1) is 0 Å². The highest BCUT2D eigenvalue weighted by Gasteiger charge is 2.17. The lowest BCUT2D eigenvalue weighted by Gasteiger charge is -2.11. The van der Waals surface area contributed by atoms with Gasteiger partial charge in [0.2, 0.25) is 0 Å². The number of ether oxygens (including phenoxy) is 1. The second-order valence-electron chi connectivity index (χ2n) is 8.61. The van der Waals surface area contributed by atoms with Gasteiger partial charge in [0.15, 0.2) is 11.6 Å². The number of H-pyrrole nitrogens is 1. The van der Waals surface area contributed by atoms with Crippen LogP contribution in [-0.4, -0.2) is 38.5 Å². The second-order valence-corrected chi connectivity index (χ2v) is 8.61. The van der Waals surface area contributed by atoms with E-state index in [4.69, 9.17) is 4.74 Å². The van der Waals surface area contributed by atoms with E-state index in [9.17, 15) is 23.2 Å². The van der Waals surface area contributed by atoms with Crippen LogP contribution in [0.1, 0.15) is 32.1 Å². The maximum Gasteiger partial charge on any atom is 0.356 e. The number of hydrogen-bond donors (Lipinski definition) is 2. The Hall–Kier alpha value is -5.19. The number of amides is 1. The van der Waals surface area contributed by atoms with E-state index in [1.165, 1.54) is 36.1 Å². The molecule has 4 aromatic heterocycles. The number of esters is 1. The Morgan fingerprint density at radius 2 is 1.92 bits per heavy atom. The molecule has 0 aliphatic carbocycles. The number of aromatic nitrogens is 4. The predicted molar refractivity (Wildman–Crippen MR) is 138 cm³/mol. The second kappa shape index (κ2) is 10.7. The number of carbonyl (C=O) groups is 2. The normalized spacial score (nSPS) is 10.9. The van der Waals surface area contributed by atoms with Crippen LogP contribution in [0.5, 0.6) is 0 Å². The summed E-state index contributed by atoms with van der Waals surface area (Å²) in [6.45, 7) is -0.141. The van der Waals surface area contributed by atoms with Gasteiger partial charge >= 0.3 is 5.97 Å². The Labute approximate surface area is 220 Å². The fourth-order valence-corrected chi connectivity index (χ4v) is 4.17. The first-order valence-electron chi connectivity index (χ1n) is 11.8. The van der Waals surface area contributed by atoms with Crippen LogP contribution >= 0.6 is 0 Å². The van der Waals surface area contributed by atoms with Gasteiger partial charge < -0.3 is 19.6 Å². The number of nitrogens with zero attached hydrogens (tertiary/aromatic N) is 3. The van der Waals surface area contributed by atoms with Crippen molar-refractivity contribution in [2.45, 2.75) is 13.1 Å². The molecule has 0 atom stereocenters. The van der Waals surface area contributed by atoms with Crippen molar-refractivity contribution in [3.05, 3.63) is 118 Å². The zero-order valence-electron chi connectivity index (χ0n) is 20.6. The molecule has 1 aromatic carbocycles. The van der Waals surface area contributed by atoms with Crippen LogP contribution in [0.3, 0.4) is 0 Å². The summed E-state index contributed by atoms with van der Waals surface area (Å²) < 4.78 is 32.9. The summed E-state index contributed by atoms with van der Waals surface area (Å²) in [4.78, 5) is 49.9. The summed E-state index contributed by atoms with van der Waals surface area (Å²) in [5.74, 6) is -3.33. The molecular formula is C28H21F2N5O4. The number of nitrogens with one attached hydrogen (secondary N) is 2. The van der Waals surface area contributed by atoms with Crippen LogP contribution in [-0.2, 0) is 17.8 Å². The number of carbonyl (C=O) groups excluding carboxylic acids is 2. The quantitative estimate of drug-likeness (QED) is 0.310. The van der Waals surface area contributed by atoms with Crippen LogP contribution < -0.4 is 10.9 Å². The highest BCUT2D eigenvalue weighted by atomic mass is 19.2. The van der Waals surface area contributed by atoms with E-state index in [0.717, 1.165) is 23.1 Å². The average molecular weight is 530 g/mol. The fourth-order valence-electron chi connectivity index (χ4n) is 4.17. The minimum atomic E-state index is -1.03. The van der Waals surface area contributed by atoms with E-state index in [1.54, 1.807) is 30.6 Å². The van der Waals surface area contributed by atoms with E-state index < -0.39 is 29.1 Å². The van der Waals surface area contributed by atoms with E-state index in [1.807, 2.05) is 6.07 Å². The Balaban J connectivity index is 1.40. The molecule has 5 aromatic rings. The largest absolute Gasteiger partial charge is 0.464 e. The SMILES string of the molecule is COC(=O)c1cc(-c2c[nH]c3ncccc23)cc(CNC(=O)c2cccn(Cc3ccc(F)c(F)c3)c2=O)n1. The number of benzene rings is 1. The Morgan fingerprint density at radius 3 is 2.72 bits per heavy atom. The van der Waals surface area contributed by atoms with Crippen LogP contribution in [0.25, 0.3) is 22.2 Å². The third kappa shape index (κ3) is 5.28. The molecule has 0 aliphatic heterocycles. The van der Waals surface area contributed by atoms with Gasteiger partial charge in [-0.05, 0) is 59.7 Å². The molecule has 39 heavy (non-hydrogen) atoms. The van der Waals surface area contributed by atoms with Crippen LogP contribution in [0, 0.1) is 11.6 Å². The lowest BCUT2D eigenvalue weighted by molar-refractivity contribution is 0.0593. The molecule has 0 spiro atoms. The monoisotopic (exact) mass is 529 g/mol. The van der Waals surface area contributed by atoms with Gasteiger partial charge in [0.25, 0.3) is 11.5 Å². The van der Waals surface area contributed by atoms with Gasteiger partial charge in [-0.25, -0.2) is 23.5 Å². The summed E-state index contributed by atoms with van der Waals surface area (Å²) in [6.07, 6.45) is 4.87. The Kier molecular flexibility index (Phi) is 6.96. The van der Waals surface area contributed by atoms with E-state index >= 15 is 0 Å². The molecule has 0 saturated carbocycles. The summed E-state index contributed by atoms with van der Waals surface area (Å²) in [6, 6.07) is 13.2. The molecule has 0 fully saturated rings. The number of halogens is 2. The van der Waals surface area contributed by atoms with Crippen molar-refractivity contribution in [3.63, 3.8) is 0 Å². The van der Waals surface area contributed by atoms with Crippen molar-refractivity contribution in [1.29, 1.82) is 0 Å². The van der Waals surface area contributed by atoms with E-state index in [2.05, 4.69) is 20.3 Å². The maximum absolute atomic E-state index is 13.6. The van der Waals surface area contributed by atoms with Gasteiger partial charge in [-0.1, -0.05) is 6.07 Å². The molecule has 0 unspecified atom stereocenters. The highest BCUT2D eigenvalue weighted by molar-refractivity contribution is 5.96. The van der Waals surface area contributed by atoms with E-state index in [0.29, 0.717) is 22.5 Å². The zero-order valence-corrected chi connectivity index (χ0v) is 20.6. The third-order valence-electron chi connectivity index (χ3n) is 6.07. The molecule has 2 N–H and O–H groups in total. The lowest BCUT2D eigenvalue weighted by Crippen LogP contribution is -2.33. The number of methoxy groups -OCH3 is 1. The van der Waals surface area contributed by atoms with Crippen LogP contribution in [0.2, 0.25) is 0 Å². The molecule has 0 radical (unpaired) electrons. The van der Waals surface area contributed by atoms with Crippen molar-refractivity contribution < 1.29 is 23.1 Å². The zero-order chi connectivity index (χ0) is 27.5. The fraction of sp³-hybridized carbons (Fsp3) is 0.107. The van der Waals surface area contributed by atoms with Gasteiger partial charge in [0.05, 0.1) is 25.9 Å². The minimum absolute atomic E-state index is 0.0473. The van der Waals surface area contributed by atoms with Gasteiger partial charge in [-0.3, -0.25) is 9.59 Å². The molecule has 5 rings (SSSR count). The molecule has 11 heteroatoms. The summed E-state index contributed by atoms with van der Waals surface area (Å²) >= 11 is 0. The third-order valence-corrected chi connectivity index (χ3v) is 6.07. The van der Waals surface area contributed by atoms with E-state index in [-0.39, 0.29) is 24.3 Å². The van der Waals surface area contributed by atoms with Crippen molar-refractivity contribution in [3.8, 4) is 11.1 Å². The number of aromatic amines is 1. The first-order chi connectivity index (χ1) is 18.8. The summed E-state index contributed by atoms with van der Waals surface area (Å²) in [5.41, 5.74) is 2.11. The smallest absolute Gasteiger partial charge is 0.356 e. The van der Waals surface area contributed by atoms with Crippen LogP contribution in [0.15, 0.2) is 78.0 Å². The average Bonchev–Trinajstić information content (AvgIpc) is 3.38. The molecule has 4 heterocycles. The molecular weight excluding hydrogens is 508 g/mol. The standard InChI is InChI=1S/C28H21F2N5O4/c1-39-28(38)24-12-17(21-14-32-25-19(21)4-2-8-31-25)11-18(34-24)13-33-26(36)20-5-3-9-35(27(20)37)15-16-6-7-22(29)23(30)10-16/h2-12,14H,13,15H2,1H3,(H,31,32)(H,33,36). The number of pyridine rings is 3.